The molecule has 0 aromatic rings. The molecule has 17 heavy (non-hydrogen) atoms. The fourth-order valence-electron chi connectivity index (χ4n) is 1.46. The first-order valence-corrected chi connectivity index (χ1v) is 6.43. The van der Waals surface area contributed by atoms with Crippen molar-refractivity contribution in [3.8, 4) is 0 Å². The summed E-state index contributed by atoms with van der Waals surface area (Å²) in [6.45, 7) is 3.97. The van der Waals surface area contributed by atoms with Gasteiger partial charge in [0.1, 0.15) is 6.04 Å². The molecule has 0 radical (unpaired) electrons. The number of halogens is 1. The molecule has 1 N–H and O–H groups in total. The molecule has 5 heteroatoms. The highest BCUT2D eigenvalue weighted by molar-refractivity contribution is 14.1. The van der Waals surface area contributed by atoms with Crippen LogP contribution < -0.4 is 0 Å². The maximum absolute atomic E-state index is 11.8. The zero-order valence-corrected chi connectivity index (χ0v) is 12.3. The minimum Gasteiger partial charge on any atom is -0.350 e. The fourth-order valence-corrected chi connectivity index (χ4v) is 1.62. The predicted molar refractivity (Wildman–Crippen MR) is 78.9 cm³/mol. The Morgan fingerprint density at radius 1 is 1.65 bits per heavy atom. The minimum atomic E-state index is -0.251. The quantitative estimate of drug-likeness (QED) is 0.628. The van der Waals surface area contributed by atoms with Crippen LogP contribution in [0.5, 0.6) is 0 Å². The van der Waals surface area contributed by atoms with Crippen LogP contribution in [0.25, 0.3) is 0 Å². The number of ketones is 1. The van der Waals surface area contributed by atoms with Crippen LogP contribution >= 0.6 is 22.6 Å². The normalized spacial score (nSPS) is 19.9. The van der Waals surface area contributed by atoms with Gasteiger partial charge in [0, 0.05) is 25.5 Å². The van der Waals surface area contributed by atoms with E-state index in [2.05, 4.69) is 4.99 Å². The van der Waals surface area contributed by atoms with E-state index in [0.717, 1.165) is 5.70 Å². The molecule has 0 saturated carbocycles. The van der Waals surface area contributed by atoms with Crippen LogP contribution in [0.1, 0.15) is 13.8 Å². The number of nitrogens with zero attached hydrogens (tertiary/aromatic N) is 2. The summed E-state index contributed by atoms with van der Waals surface area (Å²) >= 11 is 1.91. The Balaban J connectivity index is 2.76. The van der Waals surface area contributed by atoms with E-state index in [1.807, 2.05) is 43.5 Å². The zero-order chi connectivity index (χ0) is 13.0. The van der Waals surface area contributed by atoms with Gasteiger partial charge in [-0.3, -0.25) is 15.2 Å². The Morgan fingerprint density at radius 3 is 2.76 bits per heavy atom. The summed E-state index contributed by atoms with van der Waals surface area (Å²) in [4.78, 5) is 17.9. The van der Waals surface area contributed by atoms with Crippen molar-refractivity contribution >= 4 is 38.3 Å². The third-order valence-corrected chi connectivity index (χ3v) is 2.79. The van der Waals surface area contributed by atoms with Crippen molar-refractivity contribution in [2.45, 2.75) is 19.9 Å². The number of carbonyl (C=O) groups excluding carboxylic acids is 1. The molecular formula is C12H16IN3O. The number of hydrogen-bond donors (Lipinski definition) is 1. The van der Waals surface area contributed by atoms with E-state index in [4.69, 9.17) is 5.41 Å². The summed E-state index contributed by atoms with van der Waals surface area (Å²) in [5.74, 6) is 0.266. The average molecular weight is 345 g/mol. The van der Waals surface area contributed by atoms with Gasteiger partial charge in [0.05, 0.1) is 9.42 Å². The number of allylic oxidation sites excluding steroid dienone is 2. The van der Waals surface area contributed by atoms with Crippen molar-refractivity contribution < 1.29 is 4.79 Å². The second-order valence-electron chi connectivity index (χ2n) is 4.21. The Bertz CT molecular complexity index is 410. The lowest BCUT2D eigenvalue weighted by Gasteiger charge is -2.21. The third kappa shape index (κ3) is 4.07. The Hall–Kier alpha value is -0.980. The molecule has 0 aromatic heterocycles. The van der Waals surface area contributed by atoms with E-state index < -0.39 is 0 Å². The fraction of sp³-hybridized carbons (Fsp3) is 0.417. The molecule has 0 amide bonds. The molecule has 0 fully saturated rings. The summed E-state index contributed by atoms with van der Waals surface area (Å²) in [5.41, 5.74) is 0.751. The smallest absolute Gasteiger partial charge is 0.182 e. The van der Waals surface area contributed by atoms with Gasteiger partial charge >= 0.3 is 0 Å². The van der Waals surface area contributed by atoms with Gasteiger partial charge in [-0.25, -0.2) is 0 Å². The number of hydrogen-bond acceptors (Lipinski definition) is 4. The first-order chi connectivity index (χ1) is 7.91. The summed E-state index contributed by atoms with van der Waals surface area (Å²) < 4.78 is 0.439. The lowest BCUT2D eigenvalue weighted by Crippen LogP contribution is -2.28. The van der Waals surface area contributed by atoms with Crippen LogP contribution in [-0.2, 0) is 4.79 Å². The lowest BCUT2D eigenvalue weighted by molar-refractivity contribution is -0.116. The van der Waals surface area contributed by atoms with Crippen molar-refractivity contribution in [3.63, 3.8) is 0 Å². The summed E-state index contributed by atoms with van der Waals surface area (Å²) in [7, 11) is 1.83. The average Bonchev–Trinajstić information content (AvgIpc) is 2.25. The zero-order valence-electron chi connectivity index (χ0n) is 10.1. The maximum Gasteiger partial charge on any atom is 0.182 e. The largest absolute Gasteiger partial charge is 0.350 e. The minimum absolute atomic E-state index is 0.0438. The van der Waals surface area contributed by atoms with Gasteiger partial charge < -0.3 is 4.90 Å². The monoisotopic (exact) mass is 345 g/mol. The predicted octanol–water partition coefficient (Wildman–Crippen LogP) is 2.41. The van der Waals surface area contributed by atoms with Crippen molar-refractivity contribution in [2.24, 2.45) is 10.9 Å². The summed E-state index contributed by atoms with van der Waals surface area (Å²) in [6, 6.07) is -0.251. The molecule has 0 saturated heterocycles. The van der Waals surface area contributed by atoms with Crippen LogP contribution in [0.15, 0.2) is 29.0 Å². The van der Waals surface area contributed by atoms with Gasteiger partial charge in [-0.2, -0.15) is 0 Å². The molecule has 1 rings (SSSR count). The van der Waals surface area contributed by atoms with Gasteiger partial charge in [-0.1, -0.05) is 13.8 Å². The Kier molecular flexibility index (Phi) is 5.04. The molecule has 0 spiro atoms. The highest BCUT2D eigenvalue weighted by Crippen LogP contribution is 2.15. The number of aliphatic imine (C=N–C) groups is 1. The van der Waals surface area contributed by atoms with Crippen molar-refractivity contribution in [3.05, 3.63) is 24.0 Å². The Labute approximate surface area is 115 Å². The second-order valence-corrected chi connectivity index (χ2v) is 5.38. The first-order valence-electron chi connectivity index (χ1n) is 5.35. The number of dihydropyridines is 1. The van der Waals surface area contributed by atoms with Crippen LogP contribution in [-0.4, -0.2) is 33.7 Å². The van der Waals surface area contributed by atoms with Gasteiger partial charge in [0.25, 0.3) is 0 Å². The van der Waals surface area contributed by atoms with E-state index in [9.17, 15) is 4.79 Å². The molecule has 1 atom stereocenters. The molecular weight excluding hydrogens is 329 g/mol. The lowest BCUT2D eigenvalue weighted by atomic mass is 9.98. The molecule has 0 unspecified atom stereocenters. The van der Waals surface area contributed by atoms with Gasteiger partial charge in [0.15, 0.2) is 5.78 Å². The van der Waals surface area contributed by atoms with E-state index >= 15 is 0 Å². The van der Waals surface area contributed by atoms with E-state index in [1.165, 1.54) is 0 Å². The van der Waals surface area contributed by atoms with E-state index in [-0.39, 0.29) is 17.7 Å². The standard InChI is InChI=1S/C12H16IN3O/c1-8(2)12-10(17)6-9(7-15-12)16(3)5-4-11(13)14/h4-8,12,14H,1-3H3/b5-4-,14-11?/t12-/m1/s1. The summed E-state index contributed by atoms with van der Waals surface area (Å²) in [6.07, 6.45) is 6.73. The molecule has 0 bridgehead atoms. The van der Waals surface area contributed by atoms with Crippen LogP contribution in [0.4, 0.5) is 0 Å². The van der Waals surface area contributed by atoms with Gasteiger partial charge in [-0.05, 0) is 34.6 Å². The van der Waals surface area contributed by atoms with E-state index in [0.29, 0.717) is 3.72 Å². The molecule has 0 aliphatic carbocycles. The SMILES string of the molecule is CC(C)[C@H]1N=CC(N(C)/C=C\C(=N)I)=CC1=O. The molecule has 92 valence electrons. The van der Waals surface area contributed by atoms with Crippen molar-refractivity contribution in [2.75, 3.05) is 7.05 Å². The number of nitrogens with one attached hydrogen (secondary N) is 1. The molecule has 1 aliphatic heterocycles. The second kappa shape index (κ2) is 6.09. The van der Waals surface area contributed by atoms with E-state index in [1.54, 1.807) is 29.5 Å². The van der Waals surface area contributed by atoms with Crippen LogP contribution in [0.2, 0.25) is 0 Å². The molecule has 4 nitrogen and oxygen atoms in total. The van der Waals surface area contributed by atoms with Crippen LogP contribution in [0, 0.1) is 11.3 Å². The number of rotatable bonds is 4. The Morgan fingerprint density at radius 2 is 2.29 bits per heavy atom. The van der Waals surface area contributed by atoms with Crippen LogP contribution in [0.3, 0.4) is 0 Å². The topological polar surface area (TPSA) is 56.5 Å². The highest BCUT2D eigenvalue weighted by Gasteiger charge is 2.22. The third-order valence-electron chi connectivity index (χ3n) is 2.43. The highest BCUT2D eigenvalue weighted by atomic mass is 127. The molecule has 1 aliphatic rings. The molecule has 0 aromatic carbocycles. The van der Waals surface area contributed by atoms with Crippen molar-refractivity contribution in [1.82, 2.24) is 4.90 Å². The van der Waals surface area contributed by atoms with Crippen molar-refractivity contribution in [1.29, 1.82) is 5.41 Å². The molecule has 1 heterocycles. The maximum atomic E-state index is 11.8. The summed E-state index contributed by atoms with van der Waals surface area (Å²) in [5, 5.41) is 7.28. The first kappa shape index (κ1) is 14.1. The van der Waals surface area contributed by atoms with Gasteiger partial charge in [-0.15, -0.1) is 0 Å². The van der Waals surface area contributed by atoms with Gasteiger partial charge in [0.2, 0.25) is 0 Å². The number of carbonyl (C=O) groups is 1.